The number of anilines is 2. The molecule has 0 unspecified atom stereocenters. The van der Waals surface area contributed by atoms with Gasteiger partial charge in [-0.25, -0.2) is 13.2 Å². The van der Waals surface area contributed by atoms with E-state index in [1.807, 2.05) is 19.1 Å². The van der Waals surface area contributed by atoms with Gasteiger partial charge >= 0.3 is 6.03 Å². The normalized spacial score (nSPS) is 17.1. The zero-order valence-electron chi connectivity index (χ0n) is 16.6. The molecule has 2 amide bonds. The first kappa shape index (κ1) is 19.8. The second-order valence-electron chi connectivity index (χ2n) is 7.90. The summed E-state index contributed by atoms with van der Waals surface area (Å²) in [4.78, 5) is 14.7. The number of carbonyl (C=O) groups excluding carboxylic acids is 1. The fourth-order valence-corrected chi connectivity index (χ4v) is 5.33. The Morgan fingerprint density at radius 3 is 2.59 bits per heavy atom. The number of nitrogens with zero attached hydrogens (tertiary/aromatic N) is 1. The number of rotatable bonds is 4. The standard InChI is InChI=1S/C22H27N3O3S/c1-16-7-5-6-10-20(16)24-29(27,28)19-11-12-21-17(15-19)13-14-25(21)22(26)23-18-8-3-2-4-9-18/h5-7,10-12,15,18,24H,2-4,8-9,13-14H2,1H3,(H,23,26). The molecule has 1 aliphatic heterocycles. The van der Waals surface area contributed by atoms with Crippen LogP contribution in [0.1, 0.15) is 43.2 Å². The first-order valence-corrected chi connectivity index (χ1v) is 11.7. The van der Waals surface area contributed by atoms with Crippen molar-refractivity contribution in [3.05, 3.63) is 53.6 Å². The maximum atomic E-state index is 12.8. The molecule has 6 nitrogen and oxygen atoms in total. The summed E-state index contributed by atoms with van der Waals surface area (Å²) >= 11 is 0. The smallest absolute Gasteiger partial charge is 0.322 e. The Bertz CT molecular complexity index is 1010. The number of aryl methyl sites for hydroxylation is 1. The molecule has 0 atom stereocenters. The average Bonchev–Trinajstić information content (AvgIpc) is 3.14. The molecule has 1 saturated carbocycles. The van der Waals surface area contributed by atoms with Gasteiger partial charge in [-0.05, 0) is 61.6 Å². The summed E-state index contributed by atoms with van der Waals surface area (Å²) in [7, 11) is -3.69. The number of amides is 2. The highest BCUT2D eigenvalue weighted by atomic mass is 32.2. The predicted octanol–water partition coefficient (Wildman–Crippen LogP) is 4.20. The first-order valence-electron chi connectivity index (χ1n) is 10.2. The molecule has 1 fully saturated rings. The van der Waals surface area contributed by atoms with Gasteiger partial charge in [-0.15, -0.1) is 0 Å². The molecule has 1 aliphatic carbocycles. The number of hydrogen-bond acceptors (Lipinski definition) is 3. The lowest BCUT2D eigenvalue weighted by atomic mass is 9.96. The Morgan fingerprint density at radius 1 is 1.07 bits per heavy atom. The van der Waals surface area contributed by atoms with E-state index in [0.717, 1.165) is 42.5 Å². The highest BCUT2D eigenvalue weighted by Crippen LogP contribution is 2.31. The van der Waals surface area contributed by atoms with Gasteiger partial charge in [0.05, 0.1) is 10.6 Å². The second-order valence-corrected chi connectivity index (χ2v) is 9.58. The molecule has 0 bridgehead atoms. The highest BCUT2D eigenvalue weighted by Gasteiger charge is 2.28. The van der Waals surface area contributed by atoms with E-state index in [2.05, 4.69) is 10.0 Å². The maximum absolute atomic E-state index is 12.8. The molecule has 0 radical (unpaired) electrons. The fourth-order valence-electron chi connectivity index (χ4n) is 4.15. The van der Waals surface area contributed by atoms with Gasteiger partial charge in [0, 0.05) is 18.3 Å². The molecule has 1 heterocycles. The molecule has 4 rings (SSSR count). The number of hydrogen-bond donors (Lipinski definition) is 2. The summed E-state index contributed by atoms with van der Waals surface area (Å²) in [5.41, 5.74) is 3.12. The zero-order chi connectivity index (χ0) is 20.4. The Balaban J connectivity index is 1.50. The topological polar surface area (TPSA) is 78.5 Å². The van der Waals surface area contributed by atoms with Crippen LogP contribution in [0, 0.1) is 6.92 Å². The summed E-state index contributed by atoms with van der Waals surface area (Å²) < 4.78 is 28.3. The molecular weight excluding hydrogens is 386 g/mol. The Labute approximate surface area is 172 Å². The van der Waals surface area contributed by atoms with Gasteiger partial charge in [-0.1, -0.05) is 37.5 Å². The Morgan fingerprint density at radius 2 is 1.83 bits per heavy atom. The molecule has 2 aromatic rings. The van der Waals surface area contributed by atoms with Crippen LogP contribution in [0.2, 0.25) is 0 Å². The molecule has 2 N–H and O–H groups in total. The van der Waals surface area contributed by atoms with Crippen LogP contribution in [0.5, 0.6) is 0 Å². The number of para-hydroxylation sites is 1. The van der Waals surface area contributed by atoms with Crippen molar-refractivity contribution in [3.63, 3.8) is 0 Å². The van der Waals surface area contributed by atoms with Crippen molar-refractivity contribution < 1.29 is 13.2 Å². The lowest BCUT2D eigenvalue weighted by Gasteiger charge is -2.26. The predicted molar refractivity (Wildman–Crippen MR) is 115 cm³/mol. The van der Waals surface area contributed by atoms with E-state index in [-0.39, 0.29) is 17.0 Å². The van der Waals surface area contributed by atoms with Crippen LogP contribution in [-0.4, -0.2) is 27.0 Å². The van der Waals surface area contributed by atoms with E-state index < -0.39 is 10.0 Å². The Kier molecular flexibility index (Phi) is 5.50. The molecule has 0 saturated heterocycles. The molecular formula is C22H27N3O3S. The molecule has 2 aliphatic rings. The van der Waals surface area contributed by atoms with Crippen LogP contribution in [0.4, 0.5) is 16.2 Å². The molecule has 7 heteroatoms. The number of sulfonamides is 1. The van der Waals surface area contributed by atoms with Gasteiger partial charge < -0.3 is 5.32 Å². The lowest BCUT2D eigenvalue weighted by Crippen LogP contribution is -2.45. The van der Waals surface area contributed by atoms with Gasteiger partial charge in [0.1, 0.15) is 0 Å². The van der Waals surface area contributed by atoms with Gasteiger partial charge in [0.25, 0.3) is 10.0 Å². The summed E-state index contributed by atoms with van der Waals surface area (Å²) in [6, 6.07) is 12.5. The van der Waals surface area contributed by atoms with Crippen LogP contribution >= 0.6 is 0 Å². The molecule has 0 aromatic heterocycles. The van der Waals surface area contributed by atoms with Crippen LogP contribution < -0.4 is 14.9 Å². The van der Waals surface area contributed by atoms with Crippen molar-refractivity contribution >= 4 is 27.4 Å². The molecule has 0 spiro atoms. The molecule has 154 valence electrons. The summed E-state index contributed by atoms with van der Waals surface area (Å²) in [6.07, 6.45) is 6.30. The fraction of sp³-hybridized carbons (Fsp3) is 0.409. The van der Waals surface area contributed by atoms with Gasteiger partial charge in [-0.3, -0.25) is 9.62 Å². The van der Waals surface area contributed by atoms with Gasteiger partial charge in [-0.2, -0.15) is 0 Å². The SMILES string of the molecule is Cc1ccccc1NS(=O)(=O)c1ccc2c(c1)CCN2C(=O)NC1CCCCC1. The van der Waals surface area contributed by atoms with E-state index >= 15 is 0 Å². The van der Waals surface area contributed by atoms with Gasteiger partial charge in [0.15, 0.2) is 0 Å². The molecule has 29 heavy (non-hydrogen) atoms. The largest absolute Gasteiger partial charge is 0.335 e. The van der Waals surface area contributed by atoms with Crippen molar-refractivity contribution in [2.45, 2.75) is 56.4 Å². The second kappa shape index (κ2) is 8.06. The highest BCUT2D eigenvalue weighted by molar-refractivity contribution is 7.92. The molecule has 2 aromatic carbocycles. The minimum Gasteiger partial charge on any atom is -0.335 e. The van der Waals surface area contributed by atoms with Crippen molar-refractivity contribution in [1.82, 2.24) is 5.32 Å². The first-order chi connectivity index (χ1) is 13.9. The third kappa shape index (κ3) is 4.24. The minimum atomic E-state index is -3.69. The monoisotopic (exact) mass is 413 g/mol. The van der Waals surface area contributed by atoms with E-state index in [0.29, 0.717) is 18.7 Å². The number of nitrogens with one attached hydrogen (secondary N) is 2. The summed E-state index contributed by atoms with van der Waals surface area (Å²) in [6.45, 7) is 2.44. The van der Waals surface area contributed by atoms with E-state index in [1.165, 1.54) is 6.42 Å². The van der Waals surface area contributed by atoms with Crippen LogP contribution in [0.3, 0.4) is 0 Å². The van der Waals surface area contributed by atoms with Crippen molar-refractivity contribution in [2.75, 3.05) is 16.2 Å². The van der Waals surface area contributed by atoms with E-state index in [9.17, 15) is 13.2 Å². The average molecular weight is 414 g/mol. The van der Waals surface area contributed by atoms with E-state index in [1.54, 1.807) is 35.2 Å². The summed E-state index contributed by atoms with van der Waals surface area (Å²) in [5, 5.41) is 3.14. The zero-order valence-corrected chi connectivity index (χ0v) is 17.5. The maximum Gasteiger partial charge on any atom is 0.322 e. The third-order valence-electron chi connectivity index (χ3n) is 5.82. The minimum absolute atomic E-state index is 0.0794. The quantitative estimate of drug-likeness (QED) is 0.788. The van der Waals surface area contributed by atoms with Crippen LogP contribution in [0.25, 0.3) is 0 Å². The van der Waals surface area contributed by atoms with Crippen LogP contribution in [-0.2, 0) is 16.4 Å². The number of benzene rings is 2. The lowest BCUT2D eigenvalue weighted by molar-refractivity contribution is 0.238. The van der Waals surface area contributed by atoms with E-state index in [4.69, 9.17) is 0 Å². The number of fused-ring (bicyclic) bond motifs is 1. The number of carbonyl (C=O) groups is 1. The third-order valence-corrected chi connectivity index (χ3v) is 7.19. The number of urea groups is 1. The Hall–Kier alpha value is -2.54. The van der Waals surface area contributed by atoms with Gasteiger partial charge in [0.2, 0.25) is 0 Å². The van der Waals surface area contributed by atoms with Crippen molar-refractivity contribution in [1.29, 1.82) is 0 Å². The summed E-state index contributed by atoms with van der Waals surface area (Å²) in [5.74, 6) is 0. The van der Waals surface area contributed by atoms with Crippen LogP contribution in [0.15, 0.2) is 47.4 Å². The van der Waals surface area contributed by atoms with Crippen molar-refractivity contribution in [3.8, 4) is 0 Å². The van der Waals surface area contributed by atoms with Crippen molar-refractivity contribution in [2.24, 2.45) is 0 Å².